The summed E-state index contributed by atoms with van der Waals surface area (Å²) in [5.74, 6) is -0.993. The number of hydrogen-bond donors (Lipinski definition) is 3. The maximum atomic E-state index is 11.8. The lowest BCUT2D eigenvalue weighted by atomic mass is 10.2. The first-order chi connectivity index (χ1) is 9.45. The first-order valence-corrected chi connectivity index (χ1v) is 5.95. The van der Waals surface area contributed by atoms with Gasteiger partial charge in [0, 0.05) is 11.9 Å². The molecule has 2 amide bonds. The number of nitrogens with one attached hydrogen (secondary N) is 1. The number of nitrogens with two attached hydrogens (primary N) is 2. The molecule has 0 atom stereocenters. The summed E-state index contributed by atoms with van der Waals surface area (Å²) in [5.41, 5.74) is 12.6. The molecule has 0 saturated heterocycles. The number of anilines is 2. The van der Waals surface area contributed by atoms with Gasteiger partial charge in [-0.15, -0.1) is 0 Å². The fourth-order valence-corrected chi connectivity index (χ4v) is 1.69. The van der Waals surface area contributed by atoms with Crippen LogP contribution in [0.1, 0.15) is 16.1 Å². The lowest BCUT2D eigenvalue weighted by Gasteiger charge is -2.05. The molecule has 0 saturated carbocycles. The van der Waals surface area contributed by atoms with E-state index in [1.54, 1.807) is 12.1 Å². The van der Waals surface area contributed by atoms with E-state index in [4.69, 9.17) is 11.5 Å². The van der Waals surface area contributed by atoms with Crippen LogP contribution in [0.25, 0.3) is 0 Å². The average molecular weight is 273 g/mol. The van der Waals surface area contributed by atoms with Gasteiger partial charge in [0.15, 0.2) is 5.69 Å². The number of nitrogens with zero attached hydrogens (tertiary/aromatic N) is 2. The van der Waals surface area contributed by atoms with Crippen molar-refractivity contribution < 1.29 is 9.59 Å². The molecule has 104 valence electrons. The van der Waals surface area contributed by atoms with Gasteiger partial charge in [0.2, 0.25) is 5.91 Å². The third-order valence-corrected chi connectivity index (χ3v) is 2.66. The van der Waals surface area contributed by atoms with Crippen LogP contribution in [0.4, 0.5) is 11.4 Å². The second-order valence-corrected chi connectivity index (χ2v) is 4.41. The van der Waals surface area contributed by atoms with Crippen molar-refractivity contribution >= 4 is 23.2 Å². The van der Waals surface area contributed by atoms with Gasteiger partial charge in [0.25, 0.3) is 5.91 Å². The van der Waals surface area contributed by atoms with Crippen molar-refractivity contribution in [2.75, 3.05) is 11.1 Å². The first-order valence-electron chi connectivity index (χ1n) is 5.95. The van der Waals surface area contributed by atoms with Crippen LogP contribution in [0.5, 0.6) is 0 Å². The molecule has 0 unspecified atom stereocenters. The Hall–Kier alpha value is -2.83. The van der Waals surface area contributed by atoms with E-state index in [1.165, 1.54) is 10.9 Å². The zero-order chi connectivity index (χ0) is 14.7. The van der Waals surface area contributed by atoms with Crippen LogP contribution in [0.3, 0.4) is 0 Å². The van der Waals surface area contributed by atoms with Crippen molar-refractivity contribution in [3.8, 4) is 0 Å². The maximum absolute atomic E-state index is 11.8. The van der Waals surface area contributed by atoms with Gasteiger partial charge in [-0.05, 0) is 19.1 Å². The molecule has 5 N–H and O–H groups in total. The van der Waals surface area contributed by atoms with Crippen LogP contribution in [-0.4, -0.2) is 21.6 Å². The fourth-order valence-electron chi connectivity index (χ4n) is 1.69. The van der Waals surface area contributed by atoms with E-state index in [1.807, 2.05) is 19.1 Å². The first kappa shape index (κ1) is 13.6. The van der Waals surface area contributed by atoms with Crippen molar-refractivity contribution in [1.29, 1.82) is 0 Å². The molecule has 7 heteroatoms. The molecule has 1 aromatic heterocycles. The fraction of sp³-hybridized carbons (Fsp3) is 0.154. The number of benzene rings is 1. The number of amides is 2. The van der Waals surface area contributed by atoms with Crippen molar-refractivity contribution in [2.45, 2.75) is 13.5 Å². The molecule has 0 bridgehead atoms. The molecule has 7 nitrogen and oxygen atoms in total. The van der Waals surface area contributed by atoms with Crippen molar-refractivity contribution in [2.24, 2.45) is 5.73 Å². The third kappa shape index (κ3) is 3.14. The molecule has 1 heterocycles. The van der Waals surface area contributed by atoms with Crippen molar-refractivity contribution in [1.82, 2.24) is 9.78 Å². The molecule has 0 aliphatic heterocycles. The van der Waals surface area contributed by atoms with E-state index in [2.05, 4.69) is 10.4 Å². The van der Waals surface area contributed by atoms with E-state index in [-0.39, 0.29) is 23.8 Å². The Morgan fingerprint density at radius 2 is 1.95 bits per heavy atom. The minimum Gasteiger partial charge on any atom is -0.396 e. The minimum atomic E-state index is -0.722. The second kappa shape index (κ2) is 5.43. The van der Waals surface area contributed by atoms with E-state index in [0.717, 1.165) is 5.56 Å². The number of primary amides is 1. The van der Waals surface area contributed by atoms with E-state index < -0.39 is 5.91 Å². The highest BCUT2D eigenvalue weighted by atomic mass is 16.2. The van der Waals surface area contributed by atoms with Crippen LogP contribution in [0, 0.1) is 6.92 Å². The Kier molecular flexibility index (Phi) is 3.69. The monoisotopic (exact) mass is 273 g/mol. The highest BCUT2D eigenvalue weighted by Crippen LogP contribution is 2.10. The molecule has 2 rings (SSSR count). The van der Waals surface area contributed by atoms with Gasteiger partial charge < -0.3 is 16.8 Å². The summed E-state index contributed by atoms with van der Waals surface area (Å²) in [6, 6.07) is 7.40. The number of hydrogen-bond acceptors (Lipinski definition) is 4. The van der Waals surface area contributed by atoms with Crippen LogP contribution >= 0.6 is 0 Å². The lowest BCUT2D eigenvalue weighted by Crippen LogP contribution is -2.20. The highest BCUT2D eigenvalue weighted by Gasteiger charge is 2.13. The van der Waals surface area contributed by atoms with Gasteiger partial charge in [-0.1, -0.05) is 17.7 Å². The zero-order valence-electron chi connectivity index (χ0n) is 11.0. The summed E-state index contributed by atoms with van der Waals surface area (Å²) in [6.45, 7) is 1.91. The van der Waals surface area contributed by atoms with Gasteiger partial charge in [-0.2, -0.15) is 5.10 Å². The molecule has 0 spiro atoms. The van der Waals surface area contributed by atoms with Crippen LogP contribution in [0.2, 0.25) is 0 Å². The van der Waals surface area contributed by atoms with Gasteiger partial charge >= 0.3 is 0 Å². The lowest BCUT2D eigenvalue weighted by molar-refractivity contribution is -0.116. The summed E-state index contributed by atoms with van der Waals surface area (Å²) >= 11 is 0. The van der Waals surface area contributed by atoms with Gasteiger partial charge in [-0.25, -0.2) is 0 Å². The SMILES string of the molecule is Cc1ccc(NC(=O)Cn2cc(N)c(C(N)=O)n2)cc1. The predicted molar refractivity (Wildman–Crippen MR) is 75.0 cm³/mol. The number of carbonyl (C=O) groups excluding carboxylic acids is 2. The van der Waals surface area contributed by atoms with Gasteiger partial charge in [-0.3, -0.25) is 14.3 Å². The number of rotatable bonds is 4. The third-order valence-electron chi connectivity index (χ3n) is 2.66. The smallest absolute Gasteiger partial charge is 0.271 e. The van der Waals surface area contributed by atoms with E-state index >= 15 is 0 Å². The molecular formula is C13H15N5O2. The van der Waals surface area contributed by atoms with Crippen molar-refractivity contribution in [3.63, 3.8) is 0 Å². The van der Waals surface area contributed by atoms with Crippen LogP contribution in [0.15, 0.2) is 30.5 Å². The van der Waals surface area contributed by atoms with Gasteiger partial charge in [0.1, 0.15) is 6.54 Å². The number of carbonyl (C=O) groups is 2. The molecule has 0 fully saturated rings. The number of aryl methyl sites for hydroxylation is 1. The Morgan fingerprint density at radius 1 is 1.30 bits per heavy atom. The zero-order valence-corrected chi connectivity index (χ0v) is 11.0. The molecule has 1 aromatic carbocycles. The maximum Gasteiger partial charge on any atom is 0.271 e. The number of nitrogen functional groups attached to an aromatic ring is 1. The van der Waals surface area contributed by atoms with Gasteiger partial charge in [0.05, 0.1) is 5.69 Å². The normalized spacial score (nSPS) is 10.2. The topological polar surface area (TPSA) is 116 Å². The number of aromatic nitrogens is 2. The molecular weight excluding hydrogens is 258 g/mol. The largest absolute Gasteiger partial charge is 0.396 e. The minimum absolute atomic E-state index is 0.0341. The standard InChI is InChI=1S/C13H15N5O2/c1-8-2-4-9(5-3-8)16-11(19)7-18-6-10(14)12(17-18)13(15)20/h2-6H,7,14H2,1H3,(H2,15,20)(H,16,19). The summed E-state index contributed by atoms with van der Waals surface area (Å²) < 4.78 is 1.28. The Bertz CT molecular complexity index is 645. The Morgan fingerprint density at radius 3 is 2.50 bits per heavy atom. The summed E-state index contributed by atoms with van der Waals surface area (Å²) in [7, 11) is 0. The van der Waals surface area contributed by atoms with Crippen LogP contribution < -0.4 is 16.8 Å². The summed E-state index contributed by atoms with van der Waals surface area (Å²) in [6.07, 6.45) is 1.40. The quantitative estimate of drug-likeness (QED) is 0.752. The average Bonchev–Trinajstić information content (AvgIpc) is 2.73. The molecule has 0 aliphatic carbocycles. The predicted octanol–water partition coefficient (Wildman–Crippen LogP) is 0.511. The Labute approximate surface area is 115 Å². The second-order valence-electron chi connectivity index (χ2n) is 4.41. The summed E-state index contributed by atoms with van der Waals surface area (Å²) in [4.78, 5) is 22.8. The molecule has 2 aromatic rings. The highest BCUT2D eigenvalue weighted by molar-refractivity contribution is 5.96. The van der Waals surface area contributed by atoms with Crippen molar-refractivity contribution in [3.05, 3.63) is 41.7 Å². The summed E-state index contributed by atoms with van der Waals surface area (Å²) in [5, 5.41) is 6.58. The van der Waals surface area contributed by atoms with E-state index in [0.29, 0.717) is 5.69 Å². The van der Waals surface area contributed by atoms with Crippen LogP contribution in [-0.2, 0) is 11.3 Å². The molecule has 0 aliphatic rings. The Balaban J connectivity index is 2.03. The molecule has 20 heavy (non-hydrogen) atoms. The molecule has 0 radical (unpaired) electrons. The van der Waals surface area contributed by atoms with E-state index in [9.17, 15) is 9.59 Å².